The summed E-state index contributed by atoms with van der Waals surface area (Å²) in [5, 5.41) is 14.2. The molecule has 0 atom stereocenters. The lowest BCUT2D eigenvalue weighted by atomic mass is 9.96. The van der Waals surface area contributed by atoms with E-state index in [0.717, 1.165) is 53.4 Å². The second-order valence-corrected chi connectivity index (χ2v) is 8.52. The van der Waals surface area contributed by atoms with Gasteiger partial charge >= 0.3 is 0 Å². The van der Waals surface area contributed by atoms with Crippen LogP contribution in [0.1, 0.15) is 39.2 Å². The Labute approximate surface area is 178 Å². The Kier molecular flexibility index (Phi) is 4.78. The number of rotatable bonds is 3. The van der Waals surface area contributed by atoms with E-state index >= 15 is 0 Å². The minimum absolute atomic E-state index is 0.208. The summed E-state index contributed by atoms with van der Waals surface area (Å²) < 4.78 is 0. The summed E-state index contributed by atoms with van der Waals surface area (Å²) in [5.74, 6) is -0.208. The van der Waals surface area contributed by atoms with Crippen LogP contribution in [-0.2, 0) is 12.8 Å². The summed E-state index contributed by atoms with van der Waals surface area (Å²) in [6.07, 6.45) is 4.14. The highest BCUT2D eigenvalue weighted by atomic mass is 32.1. The third kappa shape index (κ3) is 3.26. The van der Waals surface area contributed by atoms with Crippen LogP contribution in [0, 0.1) is 11.3 Å². The van der Waals surface area contributed by atoms with Gasteiger partial charge in [-0.1, -0.05) is 48.5 Å². The van der Waals surface area contributed by atoms with Crippen LogP contribution in [0.5, 0.6) is 0 Å². The zero-order chi connectivity index (χ0) is 20.5. The summed E-state index contributed by atoms with van der Waals surface area (Å²) in [6, 6.07) is 21.7. The molecule has 146 valence electrons. The fraction of sp³-hybridized carbons (Fsp3) is 0.160. The Morgan fingerprint density at radius 1 is 1.03 bits per heavy atom. The number of carbonyl (C=O) groups is 1. The molecule has 2 aromatic heterocycles. The lowest BCUT2D eigenvalue weighted by molar-refractivity contribution is 0.102. The van der Waals surface area contributed by atoms with Gasteiger partial charge in [-0.05, 0) is 43.4 Å². The molecule has 0 saturated carbocycles. The first-order valence-corrected chi connectivity index (χ1v) is 10.9. The molecule has 0 aliphatic heterocycles. The third-order valence-corrected chi connectivity index (χ3v) is 6.75. The van der Waals surface area contributed by atoms with Crippen molar-refractivity contribution >= 4 is 33.1 Å². The van der Waals surface area contributed by atoms with Gasteiger partial charge in [0.15, 0.2) is 0 Å². The number of aryl methyl sites for hydroxylation is 1. The number of aromatic nitrogens is 1. The Bertz CT molecular complexity index is 1300. The molecule has 1 aliphatic rings. The largest absolute Gasteiger partial charge is 0.312 e. The van der Waals surface area contributed by atoms with Crippen molar-refractivity contribution in [1.82, 2.24) is 4.98 Å². The Morgan fingerprint density at radius 3 is 2.63 bits per heavy atom. The fourth-order valence-corrected chi connectivity index (χ4v) is 5.30. The predicted molar refractivity (Wildman–Crippen MR) is 121 cm³/mol. The van der Waals surface area contributed by atoms with E-state index in [2.05, 4.69) is 11.4 Å². The molecular weight excluding hydrogens is 390 g/mol. The fourth-order valence-electron chi connectivity index (χ4n) is 4.06. The van der Waals surface area contributed by atoms with Crippen molar-refractivity contribution in [3.05, 3.63) is 82.2 Å². The lowest BCUT2D eigenvalue weighted by Crippen LogP contribution is -2.13. The zero-order valence-corrected chi connectivity index (χ0v) is 17.1. The van der Waals surface area contributed by atoms with E-state index in [4.69, 9.17) is 4.98 Å². The van der Waals surface area contributed by atoms with Crippen molar-refractivity contribution < 1.29 is 4.79 Å². The smallest absolute Gasteiger partial charge is 0.257 e. The Balaban J connectivity index is 1.59. The van der Waals surface area contributed by atoms with Crippen molar-refractivity contribution in [3.63, 3.8) is 0 Å². The normalized spacial score (nSPS) is 12.9. The number of carbonyl (C=O) groups excluding carboxylic acids is 1. The number of nitrogens with one attached hydrogen (secondary N) is 1. The lowest BCUT2D eigenvalue weighted by Gasteiger charge is -2.10. The van der Waals surface area contributed by atoms with E-state index in [1.165, 1.54) is 4.88 Å². The van der Waals surface area contributed by atoms with E-state index in [-0.39, 0.29) is 5.91 Å². The van der Waals surface area contributed by atoms with E-state index in [1.54, 1.807) is 11.3 Å². The Hall–Kier alpha value is -3.49. The molecule has 5 rings (SSSR count). The van der Waals surface area contributed by atoms with Crippen LogP contribution in [0.3, 0.4) is 0 Å². The molecule has 5 heteroatoms. The number of thiophene rings is 1. The number of nitrogens with zero attached hydrogens (tertiary/aromatic N) is 2. The summed E-state index contributed by atoms with van der Waals surface area (Å²) >= 11 is 1.55. The molecule has 4 aromatic rings. The van der Waals surface area contributed by atoms with Crippen LogP contribution in [0.15, 0.2) is 60.7 Å². The van der Waals surface area contributed by atoms with Crippen LogP contribution in [0.4, 0.5) is 5.00 Å². The van der Waals surface area contributed by atoms with Crippen LogP contribution >= 0.6 is 11.3 Å². The van der Waals surface area contributed by atoms with E-state index in [1.807, 2.05) is 60.7 Å². The Morgan fingerprint density at radius 2 is 1.80 bits per heavy atom. The molecule has 4 nitrogen and oxygen atoms in total. The van der Waals surface area contributed by atoms with Crippen LogP contribution in [0.2, 0.25) is 0 Å². The summed E-state index contributed by atoms with van der Waals surface area (Å²) in [5.41, 5.74) is 4.80. The van der Waals surface area contributed by atoms with Gasteiger partial charge in [0.1, 0.15) is 11.1 Å². The van der Waals surface area contributed by atoms with E-state index in [9.17, 15) is 10.1 Å². The second kappa shape index (κ2) is 7.74. The van der Waals surface area contributed by atoms with Crippen molar-refractivity contribution in [3.8, 4) is 17.3 Å². The first kappa shape index (κ1) is 18.5. The minimum Gasteiger partial charge on any atom is -0.312 e. The molecule has 30 heavy (non-hydrogen) atoms. The number of para-hydroxylation sites is 1. The maximum Gasteiger partial charge on any atom is 0.257 e. The van der Waals surface area contributed by atoms with Gasteiger partial charge in [0.2, 0.25) is 0 Å². The number of hydrogen-bond donors (Lipinski definition) is 1. The molecule has 2 heterocycles. The molecule has 0 spiro atoms. The first-order chi connectivity index (χ1) is 14.7. The average Bonchev–Trinajstić information content (AvgIpc) is 3.15. The van der Waals surface area contributed by atoms with Gasteiger partial charge in [-0.3, -0.25) is 4.79 Å². The molecule has 0 bridgehead atoms. The van der Waals surface area contributed by atoms with Gasteiger partial charge in [0.05, 0.1) is 22.3 Å². The molecule has 0 saturated heterocycles. The third-order valence-electron chi connectivity index (χ3n) is 5.54. The summed E-state index contributed by atoms with van der Waals surface area (Å²) in [4.78, 5) is 19.3. The average molecular weight is 410 g/mol. The van der Waals surface area contributed by atoms with Gasteiger partial charge < -0.3 is 5.32 Å². The van der Waals surface area contributed by atoms with Crippen LogP contribution in [0.25, 0.3) is 22.2 Å². The highest BCUT2D eigenvalue weighted by molar-refractivity contribution is 7.16. The van der Waals surface area contributed by atoms with Crippen LogP contribution in [-0.4, -0.2) is 10.9 Å². The van der Waals surface area contributed by atoms with Crippen molar-refractivity contribution in [2.75, 3.05) is 5.32 Å². The number of nitriles is 1. The van der Waals surface area contributed by atoms with Gasteiger partial charge in [-0.25, -0.2) is 4.98 Å². The second-order valence-electron chi connectivity index (χ2n) is 7.42. The van der Waals surface area contributed by atoms with E-state index in [0.29, 0.717) is 16.1 Å². The number of amides is 1. The number of benzene rings is 2. The maximum absolute atomic E-state index is 13.4. The molecule has 0 unspecified atom stereocenters. The van der Waals surface area contributed by atoms with Gasteiger partial charge in [0, 0.05) is 15.8 Å². The molecule has 0 radical (unpaired) electrons. The van der Waals surface area contributed by atoms with Gasteiger partial charge in [-0.2, -0.15) is 5.26 Å². The standard InChI is InChI=1S/C25H19N3OS/c26-15-20-18-11-5-7-13-23(18)30-25(20)28-24(29)19-14-22(16-8-2-1-3-9-16)27-21-12-6-4-10-17(19)21/h1-4,6,8-10,12,14H,5,7,11,13H2,(H,28,29). The monoisotopic (exact) mass is 409 g/mol. The molecular formula is C25H19N3OS. The maximum atomic E-state index is 13.4. The van der Waals surface area contributed by atoms with Gasteiger partial charge in [-0.15, -0.1) is 11.3 Å². The number of hydrogen-bond acceptors (Lipinski definition) is 4. The first-order valence-electron chi connectivity index (χ1n) is 10.1. The molecule has 1 N–H and O–H groups in total. The molecule has 1 aliphatic carbocycles. The van der Waals surface area contributed by atoms with Crippen molar-refractivity contribution in [1.29, 1.82) is 5.26 Å². The van der Waals surface area contributed by atoms with E-state index < -0.39 is 0 Å². The SMILES string of the molecule is N#Cc1c(NC(=O)c2cc(-c3ccccc3)nc3ccccc23)sc2c1CCCC2. The number of anilines is 1. The predicted octanol–water partition coefficient (Wildman–Crippen LogP) is 5.97. The number of fused-ring (bicyclic) bond motifs is 2. The highest BCUT2D eigenvalue weighted by Gasteiger charge is 2.23. The molecule has 1 amide bonds. The summed E-state index contributed by atoms with van der Waals surface area (Å²) in [7, 11) is 0. The highest BCUT2D eigenvalue weighted by Crippen LogP contribution is 2.38. The van der Waals surface area contributed by atoms with Crippen molar-refractivity contribution in [2.45, 2.75) is 25.7 Å². The summed E-state index contributed by atoms with van der Waals surface area (Å²) in [6.45, 7) is 0. The van der Waals surface area contributed by atoms with Crippen LogP contribution < -0.4 is 5.32 Å². The quantitative estimate of drug-likeness (QED) is 0.453. The topological polar surface area (TPSA) is 65.8 Å². The molecule has 2 aromatic carbocycles. The van der Waals surface area contributed by atoms with Gasteiger partial charge in [0.25, 0.3) is 5.91 Å². The zero-order valence-electron chi connectivity index (χ0n) is 16.3. The van der Waals surface area contributed by atoms with Crippen molar-refractivity contribution in [2.24, 2.45) is 0 Å². The number of pyridine rings is 1. The molecule has 0 fully saturated rings. The minimum atomic E-state index is -0.208.